The van der Waals surface area contributed by atoms with Crippen LogP contribution in [0.4, 0.5) is 5.69 Å². The molecule has 0 saturated heterocycles. The zero-order valence-electron chi connectivity index (χ0n) is 9.41. The summed E-state index contributed by atoms with van der Waals surface area (Å²) in [5.41, 5.74) is 0.915. The summed E-state index contributed by atoms with van der Waals surface area (Å²) in [6, 6.07) is 9.79. The van der Waals surface area contributed by atoms with Gasteiger partial charge in [0.25, 0.3) is 0 Å². The molecule has 0 amide bonds. The van der Waals surface area contributed by atoms with E-state index in [0.717, 1.165) is 22.3 Å². The molecule has 2 aromatic rings. The minimum atomic E-state index is 0.142. The molecule has 2 rings (SSSR count). The standard InChI is InChI=1S/C13H13BrClNO/c1-2-11(13-4-3-7-17-13)16-12-6-5-9(14)8-10(12)15/h3-8,11,16H,2H2,1H3. The second kappa shape index (κ2) is 5.61. The van der Waals surface area contributed by atoms with Crippen molar-refractivity contribution in [3.8, 4) is 0 Å². The van der Waals surface area contributed by atoms with Crippen molar-refractivity contribution in [2.75, 3.05) is 5.32 Å². The van der Waals surface area contributed by atoms with Crippen LogP contribution in [0.15, 0.2) is 45.5 Å². The largest absolute Gasteiger partial charge is 0.467 e. The number of hydrogen-bond acceptors (Lipinski definition) is 2. The summed E-state index contributed by atoms with van der Waals surface area (Å²) in [6.07, 6.45) is 2.61. The minimum absolute atomic E-state index is 0.142. The van der Waals surface area contributed by atoms with Crippen molar-refractivity contribution in [3.63, 3.8) is 0 Å². The number of benzene rings is 1. The van der Waals surface area contributed by atoms with Crippen molar-refractivity contribution in [2.45, 2.75) is 19.4 Å². The van der Waals surface area contributed by atoms with Crippen molar-refractivity contribution in [1.82, 2.24) is 0 Å². The van der Waals surface area contributed by atoms with Crippen LogP contribution in [0.25, 0.3) is 0 Å². The summed E-state index contributed by atoms with van der Waals surface area (Å²) < 4.78 is 6.38. The van der Waals surface area contributed by atoms with Crippen LogP contribution in [-0.2, 0) is 0 Å². The molecule has 0 aliphatic heterocycles. The van der Waals surface area contributed by atoms with Crippen LogP contribution in [-0.4, -0.2) is 0 Å². The van der Waals surface area contributed by atoms with Crippen molar-refractivity contribution < 1.29 is 4.42 Å². The molecule has 1 unspecified atom stereocenters. The Hall–Kier alpha value is -0.930. The molecule has 0 saturated carbocycles. The van der Waals surface area contributed by atoms with Gasteiger partial charge in [0.15, 0.2) is 0 Å². The fourth-order valence-electron chi connectivity index (χ4n) is 1.66. The number of hydrogen-bond donors (Lipinski definition) is 1. The lowest BCUT2D eigenvalue weighted by Gasteiger charge is -2.17. The van der Waals surface area contributed by atoms with E-state index in [1.165, 1.54) is 0 Å². The van der Waals surface area contributed by atoms with Gasteiger partial charge in [-0.2, -0.15) is 0 Å². The van der Waals surface area contributed by atoms with E-state index in [0.29, 0.717) is 5.02 Å². The third-order valence-corrected chi connectivity index (χ3v) is 3.36. The highest BCUT2D eigenvalue weighted by atomic mass is 79.9. The molecule has 1 aromatic heterocycles. The Morgan fingerprint density at radius 2 is 2.24 bits per heavy atom. The molecule has 4 heteroatoms. The minimum Gasteiger partial charge on any atom is -0.467 e. The van der Waals surface area contributed by atoms with E-state index in [-0.39, 0.29) is 6.04 Å². The molecule has 0 fully saturated rings. The summed E-state index contributed by atoms with van der Waals surface area (Å²) in [7, 11) is 0. The third-order valence-electron chi connectivity index (χ3n) is 2.56. The lowest BCUT2D eigenvalue weighted by Crippen LogP contribution is -2.08. The average molecular weight is 315 g/mol. The predicted octanol–water partition coefficient (Wildman–Crippen LogP) is 5.26. The van der Waals surface area contributed by atoms with Gasteiger partial charge in [-0.25, -0.2) is 0 Å². The molecule has 1 atom stereocenters. The maximum atomic E-state index is 6.17. The summed E-state index contributed by atoms with van der Waals surface area (Å²) in [5, 5.41) is 4.08. The molecule has 17 heavy (non-hydrogen) atoms. The second-order valence-corrected chi connectivity index (χ2v) is 5.07. The summed E-state index contributed by atoms with van der Waals surface area (Å²) in [6.45, 7) is 2.10. The molecular weight excluding hydrogens is 302 g/mol. The Balaban J connectivity index is 2.19. The van der Waals surface area contributed by atoms with Gasteiger partial charge in [-0.05, 0) is 36.8 Å². The summed E-state index contributed by atoms with van der Waals surface area (Å²) in [5.74, 6) is 0.923. The molecule has 1 aromatic carbocycles. The summed E-state index contributed by atoms with van der Waals surface area (Å²) in [4.78, 5) is 0. The number of rotatable bonds is 4. The Morgan fingerprint density at radius 3 is 2.82 bits per heavy atom. The number of furan rings is 1. The number of anilines is 1. The van der Waals surface area contributed by atoms with E-state index in [2.05, 4.69) is 28.2 Å². The zero-order valence-corrected chi connectivity index (χ0v) is 11.8. The molecular formula is C13H13BrClNO. The van der Waals surface area contributed by atoms with Gasteiger partial charge < -0.3 is 9.73 Å². The van der Waals surface area contributed by atoms with E-state index < -0.39 is 0 Å². The molecule has 0 radical (unpaired) electrons. The lowest BCUT2D eigenvalue weighted by atomic mass is 10.1. The van der Waals surface area contributed by atoms with Crippen LogP contribution in [0.3, 0.4) is 0 Å². The predicted molar refractivity (Wildman–Crippen MR) is 74.5 cm³/mol. The van der Waals surface area contributed by atoms with Gasteiger partial charge in [-0.1, -0.05) is 34.5 Å². The average Bonchev–Trinajstić information content (AvgIpc) is 2.81. The van der Waals surface area contributed by atoms with Gasteiger partial charge in [-0.3, -0.25) is 0 Å². The fourth-order valence-corrected chi connectivity index (χ4v) is 2.39. The molecule has 90 valence electrons. The molecule has 0 aliphatic carbocycles. The molecule has 0 bridgehead atoms. The highest BCUT2D eigenvalue weighted by Crippen LogP contribution is 2.30. The van der Waals surface area contributed by atoms with Crippen molar-refractivity contribution in [1.29, 1.82) is 0 Å². The maximum absolute atomic E-state index is 6.17. The van der Waals surface area contributed by atoms with Crippen LogP contribution in [0, 0.1) is 0 Å². The van der Waals surface area contributed by atoms with Gasteiger partial charge in [0.2, 0.25) is 0 Å². The van der Waals surface area contributed by atoms with E-state index in [1.807, 2.05) is 30.3 Å². The van der Waals surface area contributed by atoms with Gasteiger partial charge >= 0.3 is 0 Å². The molecule has 2 nitrogen and oxygen atoms in total. The van der Waals surface area contributed by atoms with E-state index >= 15 is 0 Å². The fraction of sp³-hybridized carbons (Fsp3) is 0.231. The van der Waals surface area contributed by atoms with Crippen LogP contribution in [0.5, 0.6) is 0 Å². The first-order valence-electron chi connectivity index (χ1n) is 5.45. The maximum Gasteiger partial charge on any atom is 0.125 e. The normalized spacial score (nSPS) is 12.4. The smallest absolute Gasteiger partial charge is 0.125 e. The van der Waals surface area contributed by atoms with Gasteiger partial charge in [0.05, 0.1) is 23.0 Å². The zero-order chi connectivity index (χ0) is 12.3. The van der Waals surface area contributed by atoms with Crippen LogP contribution < -0.4 is 5.32 Å². The SMILES string of the molecule is CCC(Nc1ccc(Br)cc1Cl)c1ccco1. The topological polar surface area (TPSA) is 25.2 Å². The monoisotopic (exact) mass is 313 g/mol. The third kappa shape index (κ3) is 3.05. The Morgan fingerprint density at radius 1 is 1.41 bits per heavy atom. The number of halogens is 2. The van der Waals surface area contributed by atoms with Gasteiger partial charge in [0.1, 0.15) is 5.76 Å². The lowest BCUT2D eigenvalue weighted by molar-refractivity contribution is 0.474. The second-order valence-electron chi connectivity index (χ2n) is 3.74. The van der Waals surface area contributed by atoms with Gasteiger partial charge in [0, 0.05) is 4.47 Å². The van der Waals surface area contributed by atoms with E-state index in [1.54, 1.807) is 6.26 Å². The Bertz CT molecular complexity index is 484. The highest BCUT2D eigenvalue weighted by molar-refractivity contribution is 9.10. The van der Waals surface area contributed by atoms with Crippen LogP contribution in [0.2, 0.25) is 5.02 Å². The molecule has 1 N–H and O–H groups in total. The first-order chi connectivity index (χ1) is 8.20. The van der Waals surface area contributed by atoms with Crippen LogP contribution >= 0.6 is 27.5 Å². The molecule has 0 spiro atoms. The molecule has 0 aliphatic rings. The quantitative estimate of drug-likeness (QED) is 0.833. The van der Waals surface area contributed by atoms with Gasteiger partial charge in [-0.15, -0.1) is 0 Å². The number of nitrogens with one attached hydrogen (secondary N) is 1. The first kappa shape index (κ1) is 12.5. The Kier molecular flexibility index (Phi) is 4.13. The van der Waals surface area contributed by atoms with Crippen LogP contribution in [0.1, 0.15) is 25.1 Å². The van der Waals surface area contributed by atoms with E-state index in [9.17, 15) is 0 Å². The highest BCUT2D eigenvalue weighted by Gasteiger charge is 2.13. The summed E-state index contributed by atoms with van der Waals surface area (Å²) >= 11 is 9.56. The Labute approximate surface area is 114 Å². The van der Waals surface area contributed by atoms with Crippen molar-refractivity contribution in [2.24, 2.45) is 0 Å². The molecule has 1 heterocycles. The van der Waals surface area contributed by atoms with E-state index in [4.69, 9.17) is 16.0 Å². The van der Waals surface area contributed by atoms with Crippen molar-refractivity contribution >= 4 is 33.2 Å². The van der Waals surface area contributed by atoms with Crippen molar-refractivity contribution in [3.05, 3.63) is 51.9 Å². The first-order valence-corrected chi connectivity index (χ1v) is 6.62.